The lowest BCUT2D eigenvalue weighted by Gasteiger charge is -2.18. The number of benzene rings is 2. The predicted octanol–water partition coefficient (Wildman–Crippen LogP) is 3.39. The summed E-state index contributed by atoms with van der Waals surface area (Å²) in [5.74, 6) is -0.605. The Kier molecular flexibility index (Phi) is 7.33. The van der Waals surface area contributed by atoms with Gasteiger partial charge in [-0.2, -0.15) is 4.72 Å². The number of sulfonamides is 1. The maximum absolute atomic E-state index is 12.7. The van der Waals surface area contributed by atoms with Crippen LogP contribution in [0, 0.1) is 6.92 Å². The molecule has 0 spiro atoms. The summed E-state index contributed by atoms with van der Waals surface area (Å²) in [4.78, 5) is 12.6. The third-order valence-electron chi connectivity index (χ3n) is 3.91. The lowest BCUT2D eigenvalue weighted by Crippen LogP contribution is -2.43. The van der Waals surface area contributed by atoms with E-state index >= 15 is 0 Å². The summed E-state index contributed by atoms with van der Waals surface area (Å²) >= 11 is 0. The second kappa shape index (κ2) is 9.48. The van der Waals surface area contributed by atoms with Gasteiger partial charge in [0.25, 0.3) is 0 Å². The first kappa shape index (κ1) is 20.9. The number of carbonyl (C=O) groups excluding carboxylic acids is 1. The monoisotopic (exact) mass is 387 g/mol. The molecule has 2 aromatic carbocycles. The van der Waals surface area contributed by atoms with Crippen molar-refractivity contribution >= 4 is 16.0 Å². The summed E-state index contributed by atoms with van der Waals surface area (Å²) in [5, 5.41) is 0. The van der Waals surface area contributed by atoms with E-state index in [0.717, 1.165) is 16.7 Å². The number of nitrogens with one attached hydrogen (secondary N) is 1. The minimum absolute atomic E-state index is 0.110. The molecule has 1 unspecified atom stereocenters. The lowest BCUT2D eigenvalue weighted by molar-refractivity contribution is -0.144. The quantitative estimate of drug-likeness (QED) is 0.557. The molecule has 0 heterocycles. The van der Waals surface area contributed by atoms with Crippen LogP contribution in [-0.2, 0) is 26.0 Å². The molecule has 0 fully saturated rings. The van der Waals surface area contributed by atoms with Crippen LogP contribution in [0.3, 0.4) is 0 Å². The van der Waals surface area contributed by atoms with Crippen molar-refractivity contribution in [2.24, 2.45) is 0 Å². The molecule has 0 aliphatic rings. The van der Waals surface area contributed by atoms with Crippen molar-refractivity contribution in [3.63, 3.8) is 0 Å². The molecule has 0 radical (unpaired) electrons. The Morgan fingerprint density at radius 1 is 1.07 bits per heavy atom. The average molecular weight is 388 g/mol. The normalized spacial score (nSPS) is 12.3. The van der Waals surface area contributed by atoms with E-state index in [4.69, 9.17) is 4.74 Å². The summed E-state index contributed by atoms with van der Waals surface area (Å²) in [5.41, 5.74) is 2.81. The zero-order valence-electron chi connectivity index (χ0n) is 15.8. The first-order chi connectivity index (χ1) is 12.8. The van der Waals surface area contributed by atoms with Gasteiger partial charge in [0.1, 0.15) is 12.6 Å². The van der Waals surface area contributed by atoms with Crippen LogP contribution in [0.2, 0.25) is 0 Å². The zero-order chi connectivity index (χ0) is 19.9. The highest BCUT2D eigenvalue weighted by Gasteiger charge is 2.27. The van der Waals surface area contributed by atoms with E-state index in [-0.39, 0.29) is 17.9 Å². The summed E-state index contributed by atoms with van der Waals surface area (Å²) < 4.78 is 33.1. The second-order valence-electron chi connectivity index (χ2n) is 6.59. The largest absolute Gasteiger partial charge is 0.460 e. The highest BCUT2D eigenvalue weighted by molar-refractivity contribution is 7.89. The van der Waals surface area contributed by atoms with Crippen molar-refractivity contribution in [3.8, 4) is 0 Å². The summed E-state index contributed by atoms with van der Waals surface area (Å²) in [7, 11) is -3.85. The number of rotatable bonds is 8. The molecule has 0 saturated heterocycles. The fourth-order valence-corrected chi connectivity index (χ4v) is 3.57. The third kappa shape index (κ3) is 6.66. The van der Waals surface area contributed by atoms with Crippen molar-refractivity contribution < 1.29 is 17.9 Å². The van der Waals surface area contributed by atoms with Crippen LogP contribution in [0.1, 0.15) is 25.0 Å². The van der Waals surface area contributed by atoms with Gasteiger partial charge in [0, 0.05) is 0 Å². The van der Waals surface area contributed by atoms with Crippen LogP contribution >= 0.6 is 0 Å². The fraction of sp³-hybridized carbons (Fsp3) is 0.286. The SMILES string of the molecule is CC(C)=CCOC(=O)C(Cc1ccccc1)NS(=O)(=O)c1ccc(C)cc1. The lowest BCUT2D eigenvalue weighted by atomic mass is 10.1. The highest BCUT2D eigenvalue weighted by Crippen LogP contribution is 2.13. The van der Waals surface area contributed by atoms with Crippen LogP contribution < -0.4 is 4.72 Å². The molecule has 0 aliphatic heterocycles. The smallest absolute Gasteiger partial charge is 0.324 e. The number of carbonyl (C=O) groups is 1. The van der Waals surface area contributed by atoms with Crippen molar-refractivity contribution in [1.82, 2.24) is 4.72 Å². The van der Waals surface area contributed by atoms with E-state index in [1.165, 1.54) is 12.1 Å². The minimum Gasteiger partial charge on any atom is -0.460 e. The van der Waals surface area contributed by atoms with E-state index in [1.807, 2.05) is 51.1 Å². The number of hydrogen-bond donors (Lipinski definition) is 1. The zero-order valence-corrected chi connectivity index (χ0v) is 16.6. The predicted molar refractivity (Wildman–Crippen MR) is 106 cm³/mol. The van der Waals surface area contributed by atoms with Crippen LogP contribution in [0.4, 0.5) is 0 Å². The number of aryl methyl sites for hydroxylation is 1. The Balaban J connectivity index is 2.21. The van der Waals surface area contributed by atoms with Crippen LogP contribution in [0.5, 0.6) is 0 Å². The van der Waals surface area contributed by atoms with E-state index in [1.54, 1.807) is 18.2 Å². The maximum atomic E-state index is 12.7. The Labute approximate surface area is 161 Å². The topological polar surface area (TPSA) is 72.5 Å². The molecule has 1 atom stereocenters. The molecule has 2 aromatic rings. The van der Waals surface area contributed by atoms with E-state index in [0.29, 0.717) is 0 Å². The number of esters is 1. The standard InChI is InChI=1S/C21H25NO4S/c1-16(2)13-14-26-21(23)20(15-18-7-5-4-6-8-18)22-27(24,25)19-11-9-17(3)10-12-19/h4-13,20,22H,14-15H2,1-3H3. The first-order valence-corrected chi connectivity index (χ1v) is 10.2. The Morgan fingerprint density at radius 3 is 2.30 bits per heavy atom. The number of hydrogen-bond acceptors (Lipinski definition) is 4. The van der Waals surface area contributed by atoms with Gasteiger partial charge in [-0.25, -0.2) is 8.42 Å². The maximum Gasteiger partial charge on any atom is 0.324 e. The van der Waals surface area contributed by atoms with Gasteiger partial charge < -0.3 is 4.74 Å². The van der Waals surface area contributed by atoms with Crippen LogP contribution in [-0.4, -0.2) is 27.0 Å². The summed E-state index contributed by atoms with van der Waals surface area (Å²) in [6.45, 7) is 5.78. The number of allylic oxidation sites excluding steroid dienone is 1. The fourth-order valence-electron chi connectivity index (χ4n) is 2.39. The van der Waals surface area contributed by atoms with Crippen molar-refractivity contribution in [3.05, 3.63) is 77.4 Å². The number of ether oxygens (including phenoxy) is 1. The van der Waals surface area contributed by atoms with Gasteiger partial charge in [-0.1, -0.05) is 53.6 Å². The van der Waals surface area contributed by atoms with Gasteiger partial charge in [-0.05, 0) is 51.0 Å². The van der Waals surface area contributed by atoms with Gasteiger partial charge in [0.05, 0.1) is 4.90 Å². The van der Waals surface area contributed by atoms with Gasteiger partial charge in [-0.15, -0.1) is 0 Å². The Bertz CT molecular complexity index is 884. The van der Waals surface area contributed by atoms with Crippen molar-refractivity contribution in [2.75, 3.05) is 6.61 Å². The minimum atomic E-state index is -3.85. The highest BCUT2D eigenvalue weighted by atomic mass is 32.2. The van der Waals surface area contributed by atoms with Crippen molar-refractivity contribution in [1.29, 1.82) is 0 Å². The van der Waals surface area contributed by atoms with Gasteiger partial charge in [-0.3, -0.25) is 4.79 Å². The van der Waals surface area contributed by atoms with Gasteiger partial charge >= 0.3 is 5.97 Å². The molecule has 0 saturated carbocycles. The van der Waals surface area contributed by atoms with Crippen molar-refractivity contribution in [2.45, 2.75) is 38.1 Å². The summed E-state index contributed by atoms with van der Waals surface area (Å²) in [6, 6.07) is 14.7. The first-order valence-electron chi connectivity index (χ1n) is 8.71. The molecule has 144 valence electrons. The molecule has 0 amide bonds. The molecule has 0 bridgehead atoms. The molecular formula is C21H25NO4S. The van der Waals surface area contributed by atoms with Crippen LogP contribution in [0.25, 0.3) is 0 Å². The summed E-state index contributed by atoms with van der Waals surface area (Å²) in [6.07, 6.45) is 1.98. The second-order valence-corrected chi connectivity index (χ2v) is 8.30. The molecule has 5 nitrogen and oxygen atoms in total. The van der Waals surface area contributed by atoms with Crippen LogP contribution in [0.15, 0.2) is 71.1 Å². The van der Waals surface area contributed by atoms with Gasteiger partial charge in [0.2, 0.25) is 10.0 Å². The average Bonchev–Trinajstić information content (AvgIpc) is 2.62. The Morgan fingerprint density at radius 2 is 1.70 bits per heavy atom. The van der Waals surface area contributed by atoms with E-state index in [2.05, 4.69) is 4.72 Å². The third-order valence-corrected chi connectivity index (χ3v) is 5.40. The molecule has 27 heavy (non-hydrogen) atoms. The van der Waals surface area contributed by atoms with E-state index in [9.17, 15) is 13.2 Å². The molecule has 1 N–H and O–H groups in total. The molecule has 0 aromatic heterocycles. The molecule has 6 heteroatoms. The molecule has 0 aliphatic carbocycles. The Hall–Kier alpha value is -2.44. The molecular weight excluding hydrogens is 362 g/mol. The van der Waals surface area contributed by atoms with E-state index < -0.39 is 22.0 Å². The van der Waals surface area contributed by atoms with Gasteiger partial charge in [0.15, 0.2) is 0 Å². The molecule has 2 rings (SSSR count).